The molecular formula is C21H19BrN2O. The van der Waals surface area contributed by atoms with Gasteiger partial charge in [-0.15, -0.1) is 0 Å². The number of carbonyl (C=O) groups is 1. The summed E-state index contributed by atoms with van der Waals surface area (Å²) in [5.74, 6) is 0. The molecule has 0 radical (unpaired) electrons. The highest BCUT2D eigenvalue weighted by Gasteiger charge is 2.11. The molecule has 0 aliphatic heterocycles. The molecule has 0 spiro atoms. The molecule has 0 fully saturated rings. The number of benzene rings is 3. The van der Waals surface area contributed by atoms with E-state index >= 15 is 0 Å². The zero-order valence-corrected chi connectivity index (χ0v) is 15.5. The maximum absolute atomic E-state index is 12.4. The van der Waals surface area contributed by atoms with Crippen LogP contribution < -0.4 is 10.6 Å². The molecule has 2 N–H and O–H groups in total. The van der Waals surface area contributed by atoms with Crippen molar-refractivity contribution >= 4 is 27.6 Å². The minimum atomic E-state index is -0.223. The molecular weight excluding hydrogens is 376 g/mol. The van der Waals surface area contributed by atoms with E-state index in [0.29, 0.717) is 0 Å². The number of hydrogen-bond acceptors (Lipinski definition) is 1. The lowest BCUT2D eigenvalue weighted by atomic mass is 10.0. The summed E-state index contributed by atoms with van der Waals surface area (Å²) >= 11 is 3.42. The Morgan fingerprint density at radius 1 is 0.880 bits per heavy atom. The highest BCUT2D eigenvalue weighted by molar-refractivity contribution is 9.10. The molecule has 0 bridgehead atoms. The zero-order chi connectivity index (χ0) is 17.6. The Balaban J connectivity index is 1.72. The molecule has 3 rings (SSSR count). The summed E-state index contributed by atoms with van der Waals surface area (Å²) < 4.78 is 1.02. The Kier molecular flexibility index (Phi) is 5.51. The number of urea groups is 1. The molecule has 126 valence electrons. The summed E-state index contributed by atoms with van der Waals surface area (Å²) in [6, 6.07) is 25.4. The molecule has 0 saturated carbocycles. The minimum Gasteiger partial charge on any atom is -0.331 e. The van der Waals surface area contributed by atoms with E-state index in [1.165, 1.54) is 0 Å². The van der Waals surface area contributed by atoms with Crippen molar-refractivity contribution in [2.24, 2.45) is 0 Å². The third-order valence-corrected chi connectivity index (χ3v) is 4.51. The van der Waals surface area contributed by atoms with Crippen LogP contribution in [0.4, 0.5) is 10.5 Å². The second-order valence-electron chi connectivity index (χ2n) is 5.78. The van der Waals surface area contributed by atoms with E-state index < -0.39 is 0 Å². The number of anilines is 1. The quantitative estimate of drug-likeness (QED) is 0.559. The molecule has 3 nitrogen and oxygen atoms in total. The first kappa shape index (κ1) is 17.2. The van der Waals surface area contributed by atoms with Crippen LogP contribution in [0.25, 0.3) is 11.1 Å². The van der Waals surface area contributed by atoms with E-state index in [9.17, 15) is 4.79 Å². The molecule has 0 aliphatic rings. The maximum Gasteiger partial charge on any atom is 0.319 e. The fourth-order valence-electron chi connectivity index (χ4n) is 2.65. The molecule has 0 aromatic heterocycles. The molecule has 25 heavy (non-hydrogen) atoms. The van der Waals surface area contributed by atoms with E-state index in [-0.39, 0.29) is 12.1 Å². The summed E-state index contributed by atoms with van der Waals surface area (Å²) in [5.41, 5.74) is 3.90. The van der Waals surface area contributed by atoms with Crippen LogP contribution in [0, 0.1) is 0 Å². The lowest BCUT2D eigenvalue weighted by molar-refractivity contribution is 0.249. The standard InChI is InChI=1S/C21H19BrN2O/c1-15(16-11-13-18(22)14-12-16)23-21(25)24-20-10-6-5-9-19(20)17-7-3-2-4-8-17/h2-15H,1H3,(H2,23,24,25). The van der Waals surface area contributed by atoms with Gasteiger partial charge in [-0.05, 0) is 36.2 Å². The number of halogens is 1. The third kappa shape index (κ3) is 4.48. The predicted molar refractivity (Wildman–Crippen MR) is 107 cm³/mol. The highest BCUT2D eigenvalue weighted by Crippen LogP contribution is 2.27. The number of para-hydroxylation sites is 1. The molecule has 1 unspecified atom stereocenters. The van der Waals surface area contributed by atoms with Gasteiger partial charge in [-0.1, -0.05) is 76.6 Å². The van der Waals surface area contributed by atoms with Gasteiger partial charge < -0.3 is 10.6 Å². The van der Waals surface area contributed by atoms with E-state index in [0.717, 1.165) is 26.9 Å². The SMILES string of the molecule is CC(NC(=O)Nc1ccccc1-c1ccccc1)c1ccc(Br)cc1. The summed E-state index contributed by atoms with van der Waals surface area (Å²) in [6.45, 7) is 1.96. The van der Waals surface area contributed by atoms with Gasteiger partial charge in [-0.3, -0.25) is 0 Å². The van der Waals surface area contributed by atoms with Crippen molar-refractivity contribution in [1.29, 1.82) is 0 Å². The predicted octanol–water partition coefficient (Wildman–Crippen LogP) is 6.00. The average molecular weight is 395 g/mol. The van der Waals surface area contributed by atoms with Crippen molar-refractivity contribution in [1.82, 2.24) is 5.32 Å². The lowest BCUT2D eigenvalue weighted by Gasteiger charge is -2.17. The Labute approximate surface area is 156 Å². The van der Waals surface area contributed by atoms with E-state index in [1.54, 1.807) is 0 Å². The van der Waals surface area contributed by atoms with Crippen LogP contribution in [-0.2, 0) is 0 Å². The van der Waals surface area contributed by atoms with Crippen LogP contribution in [0.2, 0.25) is 0 Å². The van der Waals surface area contributed by atoms with Crippen LogP contribution >= 0.6 is 15.9 Å². The second kappa shape index (κ2) is 7.99. The first-order valence-electron chi connectivity index (χ1n) is 8.11. The van der Waals surface area contributed by atoms with Crippen LogP contribution in [-0.4, -0.2) is 6.03 Å². The smallest absolute Gasteiger partial charge is 0.319 e. The Morgan fingerprint density at radius 2 is 1.52 bits per heavy atom. The maximum atomic E-state index is 12.4. The first-order valence-corrected chi connectivity index (χ1v) is 8.90. The van der Waals surface area contributed by atoms with Gasteiger partial charge in [-0.25, -0.2) is 4.79 Å². The van der Waals surface area contributed by atoms with E-state index in [2.05, 4.69) is 26.6 Å². The molecule has 0 saturated heterocycles. The molecule has 0 heterocycles. The lowest BCUT2D eigenvalue weighted by Crippen LogP contribution is -2.31. The summed E-state index contributed by atoms with van der Waals surface area (Å²) in [4.78, 5) is 12.4. The van der Waals surface area contributed by atoms with Crippen LogP contribution in [0.5, 0.6) is 0 Å². The van der Waals surface area contributed by atoms with Gasteiger partial charge >= 0.3 is 6.03 Å². The van der Waals surface area contributed by atoms with Crippen molar-refractivity contribution in [3.63, 3.8) is 0 Å². The Hall–Kier alpha value is -2.59. The minimum absolute atomic E-state index is 0.0861. The monoisotopic (exact) mass is 394 g/mol. The molecule has 3 aromatic rings. The van der Waals surface area contributed by atoms with Gasteiger partial charge in [0.15, 0.2) is 0 Å². The van der Waals surface area contributed by atoms with Gasteiger partial charge in [0, 0.05) is 10.0 Å². The molecule has 1 atom stereocenters. The molecule has 2 amide bonds. The zero-order valence-electron chi connectivity index (χ0n) is 13.9. The van der Waals surface area contributed by atoms with Crippen molar-refractivity contribution in [2.75, 3.05) is 5.32 Å². The Morgan fingerprint density at radius 3 is 2.24 bits per heavy atom. The molecule has 0 aliphatic carbocycles. The molecule has 4 heteroatoms. The van der Waals surface area contributed by atoms with Crippen LogP contribution in [0.1, 0.15) is 18.5 Å². The number of rotatable bonds is 4. The number of amides is 2. The summed E-state index contributed by atoms with van der Waals surface area (Å²) in [6.07, 6.45) is 0. The first-order chi connectivity index (χ1) is 12.1. The largest absolute Gasteiger partial charge is 0.331 e. The molecule has 3 aromatic carbocycles. The Bertz CT molecular complexity index is 847. The van der Waals surface area contributed by atoms with Crippen LogP contribution in [0.3, 0.4) is 0 Å². The van der Waals surface area contributed by atoms with Crippen molar-refractivity contribution in [3.05, 3.63) is 88.9 Å². The number of carbonyl (C=O) groups excluding carboxylic acids is 1. The second-order valence-corrected chi connectivity index (χ2v) is 6.70. The van der Waals surface area contributed by atoms with Crippen molar-refractivity contribution < 1.29 is 4.79 Å². The number of hydrogen-bond donors (Lipinski definition) is 2. The number of nitrogens with one attached hydrogen (secondary N) is 2. The van der Waals surface area contributed by atoms with E-state index in [4.69, 9.17) is 0 Å². The average Bonchev–Trinajstić information content (AvgIpc) is 2.63. The van der Waals surface area contributed by atoms with Crippen LogP contribution in [0.15, 0.2) is 83.3 Å². The highest BCUT2D eigenvalue weighted by atomic mass is 79.9. The van der Waals surface area contributed by atoms with Gasteiger partial charge in [0.25, 0.3) is 0 Å². The van der Waals surface area contributed by atoms with Gasteiger partial charge in [-0.2, -0.15) is 0 Å². The fraction of sp³-hybridized carbons (Fsp3) is 0.0952. The van der Waals surface area contributed by atoms with Crippen molar-refractivity contribution in [2.45, 2.75) is 13.0 Å². The summed E-state index contributed by atoms with van der Waals surface area (Å²) in [5, 5.41) is 5.94. The fourth-order valence-corrected chi connectivity index (χ4v) is 2.92. The van der Waals surface area contributed by atoms with Crippen molar-refractivity contribution in [3.8, 4) is 11.1 Å². The normalized spacial score (nSPS) is 11.6. The topological polar surface area (TPSA) is 41.1 Å². The van der Waals surface area contributed by atoms with Gasteiger partial charge in [0.2, 0.25) is 0 Å². The third-order valence-electron chi connectivity index (χ3n) is 3.98. The van der Waals surface area contributed by atoms with Gasteiger partial charge in [0.05, 0.1) is 11.7 Å². The summed E-state index contributed by atoms with van der Waals surface area (Å²) in [7, 11) is 0. The van der Waals surface area contributed by atoms with Gasteiger partial charge in [0.1, 0.15) is 0 Å². The van der Waals surface area contributed by atoms with E-state index in [1.807, 2.05) is 85.8 Å².